The van der Waals surface area contributed by atoms with Gasteiger partial charge in [0.1, 0.15) is 11.6 Å². The largest absolute Gasteiger partial charge is 0.496 e. The second-order valence-electron chi connectivity index (χ2n) is 5.30. The number of benzene rings is 1. The molecule has 1 aliphatic heterocycles. The van der Waals surface area contributed by atoms with Crippen LogP contribution in [0.4, 0.5) is 5.82 Å². The maximum Gasteiger partial charge on any atom is 0.136 e. The molecule has 2 atom stereocenters. The highest BCUT2D eigenvalue weighted by Gasteiger charge is 2.27. The Kier molecular flexibility index (Phi) is 4.17. The lowest BCUT2D eigenvalue weighted by molar-refractivity contribution is 0.0362. The summed E-state index contributed by atoms with van der Waals surface area (Å²) in [6.07, 6.45) is 1.88. The van der Waals surface area contributed by atoms with Crippen molar-refractivity contribution in [1.82, 2.24) is 4.98 Å². The van der Waals surface area contributed by atoms with Gasteiger partial charge in [-0.3, -0.25) is 0 Å². The number of alkyl halides is 1. The van der Waals surface area contributed by atoms with Crippen LogP contribution in [0.2, 0.25) is 0 Å². The van der Waals surface area contributed by atoms with E-state index in [9.17, 15) is 0 Å². The van der Waals surface area contributed by atoms with Crippen molar-refractivity contribution in [2.75, 3.05) is 31.0 Å². The predicted molar refractivity (Wildman–Crippen MR) is 85.6 cm³/mol. The molecule has 0 radical (unpaired) electrons. The van der Waals surface area contributed by atoms with E-state index in [1.54, 1.807) is 7.11 Å². The number of hydrogen-bond donors (Lipinski definition) is 0. The molecule has 1 aliphatic rings. The van der Waals surface area contributed by atoms with E-state index in [1.807, 2.05) is 24.4 Å². The van der Waals surface area contributed by atoms with Crippen LogP contribution in [0.5, 0.6) is 5.75 Å². The van der Waals surface area contributed by atoms with E-state index in [4.69, 9.17) is 21.1 Å². The highest BCUT2D eigenvalue weighted by molar-refractivity contribution is 6.18. The first-order valence-electron chi connectivity index (χ1n) is 7.10. The first-order valence-corrected chi connectivity index (χ1v) is 7.64. The molecule has 2 unspecified atom stereocenters. The van der Waals surface area contributed by atoms with Crippen molar-refractivity contribution in [2.24, 2.45) is 0 Å². The molecular weight excluding hydrogens is 288 g/mol. The van der Waals surface area contributed by atoms with Crippen molar-refractivity contribution in [2.45, 2.75) is 19.1 Å². The van der Waals surface area contributed by atoms with Gasteiger partial charge in [-0.25, -0.2) is 4.98 Å². The van der Waals surface area contributed by atoms with Crippen molar-refractivity contribution < 1.29 is 9.47 Å². The number of pyridine rings is 1. The number of hydrogen-bond acceptors (Lipinski definition) is 4. The van der Waals surface area contributed by atoms with Crippen LogP contribution < -0.4 is 9.64 Å². The molecule has 0 amide bonds. The van der Waals surface area contributed by atoms with Gasteiger partial charge >= 0.3 is 0 Å². The molecule has 1 aromatic carbocycles. The average molecular weight is 307 g/mol. The molecule has 1 saturated heterocycles. The minimum atomic E-state index is 0.0468. The first kappa shape index (κ1) is 14.4. The monoisotopic (exact) mass is 306 g/mol. The number of rotatable bonds is 3. The number of fused-ring (bicyclic) bond motifs is 1. The molecule has 0 saturated carbocycles. The van der Waals surface area contributed by atoms with Crippen molar-refractivity contribution in [3.8, 4) is 5.75 Å². The van der Waals surface area contributed by atoms with Crippen LogP contribution in [0, 0.1) is 0 Å². The standard InChI is InChI=1S/C16H19ClN2O2/c1-11-10-21-12(8-17)9-19(11)16-14-4-3-5-15(20-2)13(14)6-7-18-16/h3-7,11-12H,8-10H2,1-2H3. The van der Waals surface area contributed by atoms with Crippen LogP contribution in [-0.4, -0.2) is 43.3 Å². The third-order valence-electron chi connectivity index (χ3n) is 3.91. The van der Waals surface area contributed by atoms with Crippen molar-refractivity contribution in [1.29, 1.82) is 0 Å². The SMILES string of the molecule is COc1cccc2c(N3CC(CCl)OCC3C)nccc12. The Labute approximate surface area is 129 Å². The number of anilines is 1. The molecule has 0 bridgehead atoms. The summed E-state index contributed by atoms with van der Waals surface area (Å²) in [4.78, 5) is 6.87. The Hall–Kier alpha value is -1.52. The third kappa shape index (κ3) is 2.65. The van der Waals surface area contributed by atoms with Crippen LogP contribution in [0.3, 0.4) is 0 Å². The summed E-state index contributed by atoms with van der Waals surface area (Å²) < 4.78 is 11.2. The Balaban J connectivity index is 2.07. The zero-order valence-corrected chi connectivity index (χ0v) is 13.0. The molecule has 2 aromatic rings. The summed E-state index contributed by atoms with van der Waals surface area (Å²) in [6, 6.07) is 8.31. The van der Waals surface area contributed by atoms with Crippen LogP contribution in [-0.2, 0) is 4.74 Å². The van der Waals surface area contributed by atoms with Gasteiger partial charge in [0.2, 0.25) is 0 Å². The Morgan fingerprint density at radius 1 is 1.38 bits per heavy atom. The van der Waals surface area contributed by atoms with E-state index >= 15 is 0 Å². The first-order chi connectivity index (χ1) is 10.2. The minimum Gasteiger partial charge on any atom is -0.496 e. The highest BCUT2D eigenvalue weighted by Crippen LogP contribution is 2.32. The Bertz CT molecular complexity index is 635. The van der Waals surface area contributed by atoms with E-state index < -0.39 is 0 Å². The fourth-order valence-electron chi connectivity index (χ4n) is 2.78. The second-order valence-corrected chi connectivity index (χ2v) is 5.61. The molecular formula is C16H19ClN2O2. The van der Waals surface area contributed by atoms with Crippen molar-refractivity contribution in [3.05, 3.63) is 30.5 Å². The summed E-state index contributed by atoms with van der Waals surface area (Å²) in [7, 11) is 1.69. The molecule has 1 aromatic heterocycles. The molecule has 0 aliphatic carbocycles. The molecule has 0 N–H and O–H groups in total. The van der Waals surface area contributed by atoms with E-state index in [-0.39, 0.29) is 12.1 Å². The van der Waals surface area contributed by atoms with Crippen LogP contribution in [0.15, 0.2) is 30.5 Å². The molecule has 21 heavy (non-hydrogen) atoms. The summed E-state index contributed by atoms with van der Waals surface area (Å²) in [5.74, 6) is 2.33. The fraction of sp³-hybridized carbons (Fsp3) is 0.438. The third-order valence-corrected chi connectivity index (χ3v) is 4.26. The average Bonchev–Trinajstić information content (AvgIpc) is 2.54. The van der Waals surface area contributed by atoms with Gasteiger partial charge in [0.05, 0.1) is 31.7 Å². The van der Waals surface area contributed by atoms with Gasteiger partial charge in [-0.1, -0.05) is 12.1 Å². The number of halogens is 1. The van der Waals surface area contributed by atoms with Gasteiger partial charge in [0, 0.05) is 23.5 Å². The van der Waals surface area contributed by atoms with Gasteiger partial charge in [-0.2, -0.15) is 0 Å². The molecule has 1 fully saturated rings. The number of ether oxygens (including phenoxy) is 2. The number of aromatic nitrogens is 1. The van der Waals surface area contributed by atoms with E-state index in [0.29, 0.717) is 12.5 Å². The minimum absolute atomic E-state index is 0.0468. The number of morpholine rings is 1. The summed E-state index contributed by atoms with van der Waals surface area (Å²) >= 11 is 5.95. The van der Waals surface area contributed by atoms with Gasteiger partial charge in [-0.15, -0.1) is 11.6 Å². The normalized spacial score (nSPS) is 22.5. The molecule has 112 valence electrons. The topological polar surface area (TPSA) is 34.6 Å². The Morgan fingerprint density at radius 3 is 3.00 bits per heavy atom. The quantitative estimate of drug-likeness (QED) is 0.816. The van der Waals surface area contributed by atoms with E-state index in [0.717, 1.165) is 28.9 Å². The zero-order valence-electron chi connectivity index (χ0n) is 12.3. The van der Waals surface area contributed by atoms with E-state index in [2.05, 4.69) is 22.9 Å². The van der Waals surface area contributed by atoms with Gasteiger partial charge in [0.15, 0.2) is 0 Å². The lowest BCUT2D eigenvalue weighted by Gasteiger charge is -2.38. The maximum absolute atomic E-state index is 5.95. The van der Waals surface area contributed by atoms with Crippen molar-refractivity contribution in [3.63, 3.8) is 0 Å². The lowest BCUT2D eigenvalue weighted by atomic mass is 10.1. The summed E-state index contributed by atoms with van der Waals surface area (Å²) in [5.41, 5.74) is 0. The molecule has 5 heteroatoms. The molecule has 3 rings (SSSR count). The second kappa shape index (κ2) is 6.08. The Morgan fingerprint density at radius 2 is 2.24 bits per heavy atom. The lowest BCUT2D eigenvalue weighted by Crippen LogP contribution is -2.49. The summed E-state index contributed by atoms with van der Waals surface area (Å²) in [5, 5.41) is 2.17. The number of methoxy groups -OCH3 is 1. The zero-order chi connectivity index (χ0) is 14.8. The van der Waals surface area contributed by atoms with E-state index in [1.165, 1.54) is 0 Å². The van der Waals surface area contributed by atoms with Crippen molar-refractivity contribution >= 4 is 28.2 Å². The van der Waals surface area contributed by atoms with Gasteiger partial charge in [-0.05, 0) is 19.1 Å². The summed E-state index contributed by atoms with van der Waals surface area (Å²) in [6.45, 7) is 3.57. The number of nitrogens with zero attached hydrogens (tertiary/aromatic N) is 2. The molecule has 4 nitrogen and oxygen atoms in total. The molecule has 0 spiro atoms. The fourth-order valence-corrected chi connectivity index (χ4v) is 2.96. The smallest absolute Gasteiger partial charge is 0.136 e. The van der Waals surface area contributed by atoms with Gasteiger partial charge in [0.25, 0.3) is 0 Å². The maximum atomic E-state index is 5.95. The van der Waals surface area contributed by atoms with Crippen LogP contribution in [0.1, 0.15) is 6.92 Å². The predicted octanol–water partition coefficient (Wildman–Crippen LogP) is 3.08. The van der Waals surface area contributed by atoms with Gasteiger partial charge < -0.3 is 14.4 Å². The van der Waals surface area contributed by atoms with Crippen LogP contribution in [0.25, 0.3) is 10.8 Å². The highest BCUT2D eigenvalue weighted by atomic mass is 35.5. The van der Waals surface area contributed by atoms with Crippen LogP contribution >= 0.6 is 11.6 Å². The molecule has 2 heterocycles.